The van der Waals surface area contributed by atoms with Crippen molar-refractivity contribution in [3.63, 3.8) is 0 Å². The highest BCUT2D eigenvalue weighted by atomic mass is 31.2. The Kier molecular flexibility index (Phi) is 49.9. The van der Waals surface area contributed by atoms with E-state index in [0.717, 1.165) is 83.5 Å². The monoisotopic (exact) mass is 1000 g/mol. The number of carbonyl (C=O) groups excluding carboxylic acids is 2. The molecule has 70 heavy (non-hydrogen) atoms. The van der Waals surface area contributed by atoms with Gasteiger partial charge >= 0.3 is 19.8 Å². The van der Waals surface area contributed by atoms with E-state index in [0.29, 0.717) is 17.4 Å². The van der Waals surface area contributed by atoms with E-state index in [1.165, 1.54) is 141 Å². The standard InChI is InChI=1S/C60H110NO8P/c1-6-8-10-12-14-16-18-20-22-24-26-28-29-30-31-33-34-36-38-40-42-44-46-48-50-52-59(62)66-56-58(57-68-70(64,65)67-55-54-61(3,4)5)69-60(63)53-51-49-47-45-43-41-39-37-35-32-27-25-23-21-19-17-15-13-11-9-7-2/h9,11,15,17,21,23,27,32,37,39,58H,6-8,10,12-14,16,18-20,22,24-26,28-31,33-36,38,40-57H2,1-5H3/p+1/b11-9-,17-15-,23-21-,32-27-,39-37-. The molecule has 0 bridgehead atoms. The summed E-state index contributed by atoms with van der Waals surface area (Å²) in [4.78, 5) is 35.7. The van der Waals surface area contributed by atoms with Crippen LogP contribution < -0.4 is 0 Å². The third kappa shape index (κ3) is 55.0. The molecular formula is C60H111NO8P+. The molecule has 2 unspecified atom stereocenters. The van der Waals surface area contributed by atoms with E-state index in [9.17, 15) is 19.0 Å². The lowest BCUT2D eigenvalue weighted by Gasteiger charge is -2.24. The van der Waals surface area contributed by atoms with Crippen molar-refractivity contribution >= 4 is 19.8 Å². The number of phosphoric acid groups is 1. The van der Waals surface area contributed by atoms with E-state index in [4.69, 9.17) is 18.5 Å². The van der Waals surface area contributed by atoms with Gasteiger partial charge in [0, 0.05) is 12.8 Å². The van der Waals surface area contributed by atoms with Crippen LogP contribution in [0.1, 0.15) is 258 Å². The smallest absolute Gasteiger partial charge is 0.462 e. The maximum absolute atomic E-state index is 12.8. The summed E-state index contributed by atoms with van der Waals surface area (Å²) in [6.07, 6.45) is 65.8. The number of phosphoric ester groups is 1. The van der Waals surface area contributed by atoms with Crippen molar-refractivity contribution in [2.75, 3.05) is 47.5 Å². The van der Waals surface area contributed by atoms with Crippen LogP contribution in [0.5, 0.6) is 0 Å². The molecule has 2 atom stereocenters. The van der Waals surface area contributed by atoms with Crippen molar-refractivity contribution in [3.8, 4) is 0 Å². The van der Waals surface area contributed by atoms with Crippen molar-refractivity contribution in [1.29, 1.82) is 0 Å². The largest absolute Gasteiger partial charge is 0.472 e. The SMILES string of the molecule is CC/C=C\C/C=C\C/C=C\C/C=C\C/C=C\CCCCCCCC(=O)OC(COC(=O)CCCCCCCCCCCCCCCCCCCCCCCCCCC)COP(=O)(O)OCC[N+](C)(C)C. The zero-order chi connectivity index (χ0) is 51.3. The molecule has 0 fully saturated rings. The highest BCUT2D eigenvalue weighted by Crippen LogP contribution is 2.43. The van der Waals surface area contributed by atoms with Crippen LogP contribution in [-0.2, 0) is 32.7 Å². The summed E-state index contributed by atoms with van der Waals surface area (Å²) >= 11 is 0. The van der Waals surface area contributed by atoms with Crippen molar-refractivity contribution < 1.29 is 42.1 Å². The minimum absolute atomic E-state index is 0.0264. The third-order valence-corrected chi connectivity index (χ3v) is 13.5. The van der Waals surface area contributed by atoms with E-state index in [2.05, 4.69) is 74.6 Å². The van der Waals surface area contributed by atoms with Crippen molar-refractivity contribution in [3.05, 3.63) is 60.8 Å². The first-order valence-electron chi connectivity index (χ1n) is 29.0. The first kappa shape index (κ1) is 67.7. The molecule has 0 aromatic heterocycles. The molecule has 0 aliphatic carbocycles. The molecule has 0 aromatic rings. The molecule has 0 saturated carbocycles. The minimum atomic E-state index is -4.39. The number of ether oxygens (including phenoxy) is 2. The highest BCUT2D eigenvalue weighted by molar-refractivity contribution is 7.47. The first-order valence-corrected chi connectivity index (χ1v) is 30.5. The first-order chi connectivity index (χ1) is 34.0. The number of nitrogens with zero attached hydrogens (tertiary/aromatic N) is 1. The molecular weight excluding hydrogens is 894 g/mol. The maximum atomic E-state index is 12.8. The van der Waals surface area contributed by atoms with Crippen LogP contribution in [0.3, 0.4) is 0 Å². The van der Waals surface area contributed by atoms with Gasteiger partial charge in [0.15, 0.2) is 6.10 Å². The van der Waals surface area contributed by atoms with E-state index < -0.39 is 26.5 Å². The molecule has 1 N–H and O–H groups in total. The number of likely N-dealkylation sites (N-methyl/N-ethyl adjacent to an activating group) is 1. The van der Waals surface area contributed by atoms with Gasteiger partial charge in [-0.25, -0.2) is 4.57 Å². The minimum Gasteiger partial charge on any atom is -0.462 e. The normalized spacial score (nSPS) is 13.7. The molecule has 0 aliphatic heterocycles. The van der Waals surface area contributed by atoms with Gasteiger partial charge in [-0.2, -0.15) is 0 Å². The second-order valence-corrected chi connectivity index (χ2v) is 22.1. The summed E-state index contributed by atoms with van der Waals surface area (Å²) in [5.74, 6) is -0.812. The van der Waals surface area contributed by atoms with Crippen LogP contribution in [0.2, 0.25) is 0 Å². The number of esters is 2. The molecule has 0 heterocycles. The molecule has 0 aromatic carbocycles. The maximum Gasteiger partial charge on any atom is 0.472 e. The van der Waals surface area contributed by atoms with Gasteiger partial charge in [0.2, 0.25) is 0 Å². The lowest BCUT2D eigenvalue weighted by molar-refractivity contribution is -0.870. The van der Waals surface area contributed by atoms with E-state index in [-0.39, 0.29) is 32.0 Å². The Morgan fingerprint density at radius 3 is 1.21 bits per heavy atom. The summed E-state index contributed by atoms with van der Waals surface area (Å²) in [5.41, 5.74) is 0. The summed E-state index contributed by atoms with van der Waals surface area (Å²) in [7, 11) is 1.46. The van der Waals surface area contributed by atoms with Crippen LogP contribution in [0.15, 0.2) is 60.8 Å². The zero-order valence-corrected chi connectivity index (χ0v) is 47.1. The Morgan fingerprint density at radius 2 is 0.814 bits per heavy atom. The zero-order valence-electron chi connectivity index (χ0n) is 46.2. The van der Waals surface area contributed by atoms with E-state index in [1.807, 2.05) is 21.1 Å². The average Bonchev–Trinajstić information content (AvgIpc) is 3.32. The van der Waals surface area contributed by atoms with Crippen molar-refractivity contribution in [2.45, 2.75) is 264 Å². The van der Waals surface area contributed by atoms with Gasteiger partial charge in [-0.15, -0.1) is 0 Å². The number of rotatable bonds is 53. The molecule has 408 valence electrons. The Bertz CT molecular complexity index is 1370. The fourth-order valence-corrected chi connectivity index (χ4v) is 8.84. The number of unbranched alkanes of at least 4 members (excludes halogenated alkanes) is 29. The Hall–Kier alpha value is -2.29. The van der Waals surface area contributed by atoms with Gasteiger partial charge in [0.05, 0.1) is 27.7 Å². The summed E-state index contributed by atoms with van der Waals surface area (Å²) < 4.78 is 34.5. The average molecular weight is 1010 g/mol. The number of hydrogen-bond acceptors (Lipinski definition) is 7. The van der Waals surface area contributed by atoms with Crippen LogP contribution in [0.4, 0.5) is 0 Å². The predicted molar refractivity (Wildman–Crippen MR) is 298 cm³/mol. The van der Waals surface area contributed by atoms with Crippen LogP contribution in [0.25, 0.3) is 0 Å². The van der Waals surface area contributed by atoms with Gasteiger partial charge in [0.25, 0.3) is 0 Å². The van der Waals surface area contributed by atoms with Gasteiger partial charge in [0.1, 0.15) is 19.8 Å². The van der Waals surface area contributed by atoms with Crippen LogP contribution >= 0.6 is 7.82 Å². The molecule has 0 spiro atoms. The van der Waals surface area contributed by atoms with Crippen LogP contribution in [0, 0.1) is 0 Å². The van der Waals surface area contributed by atoms with Gasteiger partial charge in [-0.05, 0) is 57.8 Å². The van der Waals surface area contributed by atoms with Crippen molar-refractivity contribution in [2.24, 2.45) is 0 Å². The Labute approximate surface area is 432 Å². The summed E-state index contributed by atoms with van der Waals surface area (Å²) in [6, 6.07) is 0. The summed E-state index contributed by atoms with van der Waals surface area (Å²) in [6.45, 7) is 4.33. The molecule has 0 rings (SSSR count). The third-order valence-electron chi connectivity index (χ3n) is 12.6. The fourth-order valence-electron chi connectivity index (χ4n) is 8.10. The number of carbonyl (C=O) groups is 2. The lowest BCUT2D eigenvalue weighted by atomic mass is 10.0. The van der Waals surface area contributed by atoms with Crippen molar-refractivity contribution in [1.82, 2.24) is 0 Å². The van der Waals surface area contributed by atoms with Gasteiger partial charge < -0.3 is 18.9 Å². The highest BCUT2D eigenvalue weighted by Gasteiger charge is 2.27. The van der Waals surface area contributed by atoms with Gasteiger partial charge in [-0.3, -0.25) is 18.6 Å². The number of allylic oxidation sites excluding steroid dienone is 10. The Morgan fingerprint density at radius 1 is 0.457 bits per heavy atom. The second kappa shape index (κ2) is 51.6. The fraction of sp³-hybridized carbons (Fsp3) is 0.800. The summed E-state index contributed by atoms with van der Waals surface area (Å²) in [5, 5.41) is 0. The number of quaternary nitrogens is 1. The molecule has 0 aliphatic rings. The molecule has 0 amide bonds. The quantitative estimate of drug-likeness (QED) is 0.0211. The molecule has 9 nitrogen and oxygen atoms in total. The molecule has 0 saturated heterocycles. The van der Waals surface area contributed by atoms with Crippen LogP contribution in [-0.4, -0.2) is 74.9 Å². The Balaban J connectivity index is 4.17. The van der Waals surface area contributed by atoms with E-state index >= 15 is 0 Å². The number of hydrogen-bond donors (Lipinski definition) is 1. The molecule has 0 radical (unpaired) electrons. The topological polar surface area (TPSA) is 108 Å². The molecule has 10 heteroatoms. The van der Waals surface area contributed by atoms with Gasteiger partial charge in [-0.1, -0.05) is 248 Å². The lowest BCUT2D eigenvalue weighted by Crippen LogP contribution is -2.37. The van der Waals surface area contributed by atoms with E-state index in [1.54, 1.807) is 0 Å². The predicted octanol–water partition coefficient (Wildman–Crippen LogP) is 17.9. The second-order valence-electron chi connectivity index (χ2n) is 20.7.